The number of aliphatic imine (C=N–C) groups is 1. The van der Waals surface area contributed by atoms with E-state index in [1.807, 2.05) is 24.4 Å². The third-order valence-corrected chi connectivity index (χ3v) is 4.52. The SMILES string of the molecule is Cc1cc(C(=NC(C)(C)[C-](C)C)c2[c-]cccc2)cnc1C(C)C.[U+2]. The van der Waals surface area contributed by atoms with Gasteiger partial charge in [-0.3, -0.25) is 10.9 Å². The Kier molecular flexibility index (Phi) is 8.10. The van der Waals surface area contributed by atoms with Gasteiger partial charge in [0.1, 0.15) is 0 Å². The van der Waals surface area contributed by atoms with Crippen molar-refractivity contribution < 1.29 is 31.1 Å². The molecule has 3 heteroatoms. The Morgan fingerprint density at radius 3 is 2.40 bits per heavy atom. The van der Waals surface area contributed by atoms with E-state index in [-0.39, 0.29) is 36.7 Å². The molecule has 1 aromatic heterocycles. The van der Waals surface area contributed by atoms with Gasteiger partial charge in [0.15, 0.2) is 0 Å². The van der Waals surface area contributed by atoms with Crippen LogP contribution in [0.5, 0.6) is 0 Å². The molecule has 1 heterocycles. The molecule has 0 aliphatic heterocycles. The molecule has 0 atom stereocenters. The van der Waals surface area contributed by atoms with E-state index < -0.39 is 0 Å². The summed E-state index contributed by atoms with van der Waals surface area (Å²) < 4.78 is 0. The van der Waals surface area contributed by atoms with Crippen molar-refractivity contribution >= 4 is 5.71 Å². The van der Waals surface area contributed by atoms with Gasteiger partial charge < -0.3 is 4.99 Å². The number of nitrogens with zero attached hydrogens (tertiary/aromatic N) is 2. The van der Waals surface area contributed by atoms with Gasteiger partial charge in [0.05, 0.1) is 0 Å². The van der Waals surface area contributed by atoms with Crippen LogP contribution in [0.25, 0.3) is 0 Å². The van der Waals surface area contributed by atoms with Crippen LogP contribution >= 0.6 is 0 Å². The molecule has 2 aromatic rings. The second-order valence-electron chi connectivity index (χ2n) is 7.38. The Hall–Kier alpha value is -0.908. The number of aromatic nitrogens is 1. The maximum absolute atomic E-state index is 5.07. The molecule has 2 nitrogen and oxygen atoms in total. The van der Waals surface area contributed by atoms with Gasteiger partial charge >= 0.3 is 31.1 Å². The van der Waals surface area contributed by atoms with Crippen LogP contribution in [0.1, 0.15) is 69.8 Å². The van der Waals surface area contributed by atoms with E-state index in [1.54, 1.807) is 0 Å². The summed E-state index contributed by atoms with van der Waals surface area (Å²) in [6.45, 7) is 15.0. The molecule has 0 radical (unpaired) electrons. The van der Waals surface area contributed by atoms with Crippen LogP contribution in [0.3, 0.4) is 0 Å². The molecular formula is C22H28N2U. The molecule has 0 bridgehead atoms. The van der Waals surface area contributed by atoms with E-state index in [1.165, 1.54) is 11.5 Å². The second-order valence-corrected chi connectivity index (χ2v) is 7.38. The van der Waals surface area contributed by atoms with Crippen LogP contribution in [0.15, 0.2) is 41.5 Å². The molecule has 0 fully saturated rings. The van der Waals surface area contributed by atoms with Crippen molar-refractivity contribution in [1.82, 2.24) is 4.98 Å². The minimum Gasteiger partial charge on any atom is -0.358 e. The first-order chi connectivity index (χ1) is 11.2. The van der Waals surface area contributed by atoms with Crippen LogP contribution < -0.4 is 0 Å². The summed E-state index contributed by atoms with van der Waals surface area (Å²) in [4.78, 5) is 9.77. The van der Waals surface area contributed by atoms with E-state index in [0.29, 0.717) is 5.92 Å². The number of aryl methyl sites for hydroxylation is 1. The van der Waals surface area contributed by atoms with E-state index >= 15 is 0 Å². The molecule has 0 saturated heterocycles. The van der Waals surface area contributed by atoms with Gasteiger partial charge in [-0.15, -0.1) is 35.9 Å². The second kappa shape index (κ2) is 9.15. The Labute approximate surface area is 176 Å². The van der Waals surface area contributed by atoms with E-state index in [4.69, 9.17) is 9.98 Å². The fourth-order valence-corrected chi connectivity index (χ4v) is 2.53. The summed E-state index contributed by atoms with van der Waals surface area (Å²) in [7, 11) is 0. The van der Waals surface area contributed by atoms with Crippen LogP contribution in [-0.4, -0.2) is 16.2 Å². The van der Waals surface area contributed by atoms with Crippen molar-refractivity contribution in [2.45, 2.75) is 59.9 Å². The first-order valence-corrected chi connectivity index (χ1v) is 8.57. The number of hydrogen-bond donors (Lipinski definition) is 0. The molecular weight excluding hydrogens is 530 g/mol. The molecule has 0 spiro atoms. The molecule has 0 unspecified atom stereocenters. The van der Waals surface area contributed by atoms with Crippen molar-refractivity contribution in [3.8, 4) is 0 Å². The maximum Gasteiger partial charge on any atom is 2.00 e. The molecule has 0 saturated carbocycles. The molecule has 25 heavy (non-hydrogen) atoms. The summed E-state index contributed by atoms with van der Waals surface area (Å²) in [6.07, 6.45) is 1.95. The van der Waals surface area contributed by atoms with Gasteiger partial charge in [0.2, 0.25) is 0 Å². The Bertz CT molecular complexity index is 716. The van der Waals surface area contributed by atoms with Gasteiger partial charge in [-0.2, -0.15) is 13.8 Å². The number of benzene rings is 1. The fourth-order valence-electron chi connectivity index (χ4n) is 2.53. The quantitative estimate of drug-likeness (QED) is 0.350. The summed E-state index contributed by atoms with van der Waals surface area (Å²) in [5.74, 6) is 1.70. The first kappa shape index (κ1) is 22.1. The van der Waals surface area contributed by atoms with Crippen molar-refractivity contribution in [3.63, 3.8) is 0 Å². The molecule has 0 amide bonds. The monoisotopic (exact) mass is 558 g/mol. The first-order valence-electron chi connectivity index (χ1n) is 8.57. The standard InChI is InChI=1S/C22H28N2.U/c1-15(2)20-17(5)13-19(14-23-20)21(18-11-9-8-10-12-18)24-22(6,7)16(3)4;/h8-11,13-15H,1-7H3;/q-2;+2. The van der Waals surface area contributed by atoms with Gasteiger partial charge in [-0.25, -0.2) is 0 Å². The van der Waals surface area contributed by atoms with Crippen LogP contribution in [0, 0.1) is 50.0 Å². The van der Waals surface area contributed by atoms with Crippen molar-refractivity contribution in [3.05, 3.63) is 70.9 Å². The van der Waals surface area contributed by atoms with Crippen molar-refractivity contribution in [1.29, 1.82) is 0 Å². The summed E-state index contributed by atoms with van der Waals surface area (Å²) >= 11 is 0. The molecule has 0 N–H and O–H groups in total. The number of hydrogen-bond acceptors (Lipinski definition) is 2. The Balaban J connectivity index is 0.00000312. The zero-order chi connectivity index (χ0) is 17.9. The predicted octanol–water partition coefficient (Wildman–Crippen LogP) is 5.54. The van der Waals surface area contributed by atoms with Crippen LogP contribution in [-0.2, 0) is 0 Å². The molecule has 130 valence electrons. The largest absolute Gasteiger partial charge is 2.00 e. The van der Waals surface area contributed by atoms with Gasteiger partial charge in [0, 0.05) is 11.9 Å². The summed E-state index contributed by atoms with van der Waals surface area (Å²) in [5, 5.41) is 0. The minimum atomic E-state index is -0.233. The number of rotatable bonds is 5. The fraction of sp³-hybridized carbons (Fsp3) is 0.409. The van der Waals surface area contributed by atoms with Gasteiger partial charge in [-0.1, -0.05) is 39.3 Å². The number of pyridine rings is 1. The summed E-state index contributed by atoms with van der Waals surface area (Å²) in [5.41, 5.74) is 5.13. The maximum atomic E-state index is 5.07. The molecule has 2 rings (SSSR count). The van der Waals surface area contributed by atoms with Crippen molar-refractivity contribution in [2.24, 2.45) is 4.99 Å². The van der Waals surface area contributed by atoms with Crippen LogP contribution in [0.4, 0.5) is 0 Å². The van der Waals surface area contributed by atoms with Gasteiger partial charge in [0.25, 0.3) is 0 Å². The minimum absolute atomic E-state index is 0. The predicted molar refractivity (Wildman–Crippen MR) is 103 cm³/mol. The van der Waals surface area contributed by atoms with Crippen LogP contribution in [0.2, 0.25) is 0 Å². The van der Waals surface area contributed by atoms with E-state index in [0.717, 1.165) is 22.5 Å². The third-order valence-electron chi connectivity index (χ3n) is 4.52. The Morgan fingerprint density at radius 2 is 1.92 bits per heavy atom. The zero-order valence-electron chi connectivity index (χ0n) is 16.4. The normalized spacial score (nSPS) is 12.4. The average Bonchev–Trinajstić information content (AvgIpc) is 2.53. The molecule has 0 aliphatic carbocycles. The molecule has 1 aromatic carbocycles. The Morgan fingerprint density at radius 1 is 1.24 bits per heavy atom. The average molecular weight is 559 g/mol. The van der Waals surface area contributed by atoms with Gasteiger partial charge in [-0.05, 0) is 29.7 Å². The zero-order valence-corrected chi connectivity index (χ0v) is 20.6. The van der Waals surface area contributed by atoms with E-state index in [9.17, 15) is 0 Å². The topological polar surface area (TPSA) is 25.2 Å². The summed E-state index contributed by atoms with van der Waals surface area (Å²) in [6, 6.07) is 13.5. The smallest absolute Gasteiger partial charge is 0.358 e. The van der Waals surface area contributed by atoms with E-state index in [2.05, 4.69) is 66.7 Å². The third kappa shape index (κ3) is 5.53. The molecule has 0 aliphatic rings. The van der Waals surface area contributed by atoms with Crippen molar-refractivity contribution in [2.75, 3.05) is 0 Å².